The lowest BCUT2D eigenvalue weighted by Gasteiger charge is -2.46. The first-order chi connectivity index (χ1) is 14.8. The third-order valence-corrected chi connectivity index (χ3v) is 7.62. The minimum absolute atomic E-state index is 0.0228. The topological polar surface area (TPSA) is 63.9 Å². The SMILES string of the molecule is c1ccc(C2CCOC2)c(C2CCN(C3COC4(C3)CN(c3nnco3)C4)CC2)c1. The first-order valence-electron chi connectivity index (χ1n) is 11.4. The van der Waals surface area contributed by atoms with E-state index in [1.807, 2.05) is 0 Å². The summed E-state index contributed by atoms with van der Waals surface area (Å²) in [5.74, 6) is 1.26. The number of anilines is 1. The Balaban J connectivity index is 1.05. The van der Waals surface area contributed by atoms with E-state index < -0.39 is 0 Å². The number of hydrogen-bond acceptors (Lipinski definition) is 7. The van der Waals surface area contributed by atoms with Crippen LogP contribution in [0.4, 0.5) is 6.01 Å². The third-order valence-electron chi connectivity index (χ3n) is 7.62. The summed E-state index contributed by atoms with van der Waals surface area (Å²) in [5, 5.41) is 7.79. The number of ether oxygens (including phenoxy) is 2. The van der Waals surface area contributed by atoms with E-state index in [1.54, 1.807) is 5.56 Å². The van der Waals surface area contributed by atoms with Crippen molar-refractivity contribution in [1.82, 2.24) is 15.1 Å². The number of likely N-dealkylation sites (tertiary alicyclic amines) is 1. The second-order valence-electron chi connectivity index (χ2n) is 9.43. The fraction of sp³-hybridized carbons (Fsp3) is 0.652. The molecule has 1 aromatic carbocycles. The number of benzene rings is 1. The molecular formula is C23H30N4O3. The average Bonchev–Trinajstić information content (AvgIpc) is 3.54. The van der Waals surface area contributed by atoms with Gasteiger partial charge in [0.1, 0.15) is 5.60 Å². The number of aromatic nitrogens is 2. The first-order valence-corrected chi connectivity index (χ1v) is 11.4. The van der Waals surface area contributed by atoms with Gasteiger partial charge in [0.15, 0.2) is 0 Å². The number of nitrogens with zero attached hydrogens (tertiary/aromatic N) is 4. The molecule has 4 saturated heterocycles. The molecule has 0 saturated carbocycles. The monoisotopic (exact) mass is 410 g/mol. The fourth-order valence-corrected chi connectivity index (χ4v) is 5.97. The summed E-state index contributed by atoms with van der Waals surface area (Å²) in [7, 11) is 0. The molecule has 1 spiro atoms. The van der Waals surface area contributed by atoms with E-state index in [9.17, 15) is 0 Å². The minimum Gasteiger partial charge on any atom is -0.411 e. The highest BCUT2D eigenvalue weighted by molar-refractivity contribution is 5.35. The van der Waals surface area contributed by atoms with Gasteiger partial charge in [-0.2, -0.15) is 0 Å². The van der Waals surface area contributed by atoms with Crippen LogP contribution >= 0.6 is 0 Å². The zero-order valence-electron chi connectivity index (χ0n) is 17.4. The van der Waals surface area contributed by atoms with Gasteiger partial charge >= 0.3 is 6.01 Å². The molecule has 30 heavy (non-hydrogen) atoms. The van der Waals surface area contributed by atoms with Gasteiger partial charge in [-0.25, -0.2) is 0 Å². The van der Waals surface area contributed by atoms with Gasteiger partial charge in [-0.15, -0.1) is 5.10 Å². The summed E-state index contributed by atoms with van der Waals surface area (Å²) < 4.78 is 17.3. The minimum atomic E-state index is -0.0228. The van der Waals surface area contributed by atoms with Gasteiger partial charge in [0.25, 0.3) is 0 Å². The molecular weight excluding hydrogens is 380 g/mol. The Labute approximate surface area is 177 Å². The Bertz CT molecular complexity index is 853. The molecule has 4 aliphatic rings. The molecule has 2 unspecified atom stereocenters. The van der Waals surface area contributed by atoms with Crippen molar-refractivity contribution >= 4 is 6.01 Å². The molecule has 0 N–H and O–H groups in total. The second-order valence-corrected chi connectivity index (χ2v) is 9.43. The van der Waals surface area contributed by atoms with Gasteiger partial charge in [0, 0.05) is 18.6 Å². The Morgan fingerprint density at radius 1 is 0.967 bits per heavy atom. The summed E-state index contributed by atoms with van der Waals surface area (Å²) in [6.07, 6.45) is 6.14. The highest BCUT2D eigenvalue weighted by atomic mass is 16.5. The first kappa shape index (κ1) is 18.8. The Hall–Kier alpha value is -1.96. The average molecular weight is 411 g/mol. The highest BCUT2D eigenvalue weighted by Gasteiger charge is 2.52. The van der Waals surface area contributed by atoms with Crippen molar-refractivity contribution in [3.8, 4) is 0 Å². The molecule has 0 bridgehead atoms. The van der Waals surface area contributed by atoms with E-state index in [-0.39, 0.29) is 5.60 Å². The lowest BCUT2D eigenvalue weighted by molar-refractivity contribution is -0.0216. The van der Waals surface area contributed by atoms with E-state index in [4.69, 9.17) is 13.9 Å². The smallest absolute Gasteiger partial charge is 0.318 e. The molecule has 2 aromatic rings. The molecule has 0 aliphatic carbocycles. The van der Waals surface area contributed by atoms with Crippen LogP contribution < -0.4 is 4.90 Å². The van der Waals surface area contributed by atoms with Crippen molar-refractivity contribution < 1.29 is 13.9 Å². The Morgan fingerprint density at radius 3 is 2.47 bits per heavy atom. The molecule has 4 aliphatic heterocycles. The molecule has 5 heterocycles. The van der Waals surface area contributed by atoms with Crippen molar-refractivity contribution in [1.29, 1.82) is 0 Å². The van der Waals surface area contributed by atoms with Crippen LogP contribution in [0.3, 0.4) is 0 Å². The van der Waals surface area contributed by atoms with Crippen molar-refractivity contribution in [2.75, 3.05) is 50.9 Å². The number of piperidine rings is 1. The fourth-order valence-electron chi connectivity index (χ4n) is 5.97. The zero-order valence-corrected chi connectivity index (χ0v) is 17.4. The van der Waals surface area contributed by atoms with Gasteiger partial charge in [-0.3, -0.25) is 4.90 Å². The van der Waals surface area contributed by atoms with E-state index in [0.717, 1.165) is 58.8 Å². The summed E-state index contributed by atoms with van der Waals surface area (Å²) in [4.78, 5) is 4.78. The van der Waals surface area contributed by atoms with Crippen LogP contribution in [0.2, 0.25) is 0 Å². The lowest BCUT2D eigenvalue weighted by Crippen LogP contribution is -2.62. The van der Waals surface area contributed by atoms with Gasteiger partial charge in [-0.1, -0.05) is 29.4 Å². The predicted octanol–water partition coefficient (Wildman–Crippen LogP) is 2.80. The van der Waals surface area contributed by atoms with Crippen LogP contribution in [-0.2, 0) is 9.47 Å². The van der Waals surface area contributed by atoms with E-state index in [2.05, 4.69) is 44.3 Å². The summed E-state index contributed by atoms with van der Waals surface area (Å²) in [6, 6.07) is 10.2. The maximum atomic E-state index is 6.28. The maximum Gasteiger partial charge on any atom is 0.318 e. The number of hydrogen-bond donors (Lipinski definition) is 0. The van der Waals surface area contributed by atoms with Crippen molar-refractivity contribution in [3.63, 3.8) is 0 Å². The zero-order chi connectivity index (χ0) is 20.0. The molecule has 160 valence electrons. The van der Waals surface area contributed by atoms with Gasteiger partial charge in [0.05, 0.1) is 26.3 Å². The maximum absolute atomic E-state index is 6.28. The van der Waals surface area contributed by atoms with Crippen molar-refractivity contribution in [2.45, 2.75) is 49.2 Å². The largest absolute Gasteiger partial charge is 0.411 e. The molecule has 4 fully saturated rings. The van der Waals surface area contributed by atoms with Gasteiger partial charge < -0.3 is 18.8 Å². The van der Waals surface area contributed by atoms with E-state index >= 15 is 0 Å². The normalized spacial score (nSPS) is 29.5. The molecule has 0 amide bonds. The Morgan fingerprint density at radius 2 is 1.77 bits per heavy atom. The third kappa shape index (κ3) is 3.33. The van der Waals surface area contributed by atoms with E-state index in [1.165, 1.54) is 24.8 Å². The van der Waals surface area contributed by atoms with Crippen LogP contribution in [-0.4, -0.2) is 72.7 Å². The van der Waals surface area contributed by atoms with Crippen molar-refractivity contribution in [2.24, 2.45) is 0 Å². The lowest BCUT2D eigenvalue weighted by atomic mass is 9.81. The van der Waals surface area contributed by atoms with Crippen LogP contribution in [0.5, 0.6) is 0 Å². The van der Waals surface area contributed by atoms with E-state index in [0.29, 0.717) is 23.9 Å². The number of rotatable bonds is 4. The predicted molar refractivity (Wildman–Crippen MR) is 112 cm³/mol. The van der Waals surface area contributed by atoms with Crippen LogP contribution in [0.1, 0.15) is 48.6 Å². The molecule has 6 rings (SSSR count). The molecule has 1 aromatic heterocycles. The van der Waals surface area contributed by atoms with Crippen LogP contribution in [0.25, 0.3) is 0 Å². The van der Waals surface area contributed by atoms with Gasteiger partial charge in [-0.05, 0) is 55.8 Å². The van der Waals surface area contributed by atoms with Crippen LogP contribution in [0.15, 0.2) is 35.1 Å². The summed E-state index contributed by atoms with van der Waals surface area (Å²) >= 11 is 0. The van der Waals surface area contributed by atoms with Crippen molar-refractivity contribution in [3.05, 3.63) is 41.8 Å². The summed E-state index contributed by atoms with van der Waals surface area (Å²) in [5.41, 5.74) is 3.08. The Kier molecular flexibility index (Phi) is 4.77. The molecule has 2 atom stereocenters. The highest BCUT2D eigenvalue weighted by Crippen LogP contribution is 2.41. The molecule has 7 heteroatoms. The molecule has 0 radical (unpaired) electrons. The van der Waals surface area contributed by atoms with Gasteiger partial charge in [0.2, 0.25) is 6.39 Å². The molecule has 7 nitrogen and oxygen atoms in total. The second kappa shape index (κ2) is 7.62. The van der Waals surface area contributed by atoms with Crippen LogP contribution in [0, 0.1) is 0 Å². The summed E-state index contributed by atoms with van der Waals surface area (Å²) in [6.45, 7) is 6.69. The quantitative estimate of drug-likeness (QED) is 0.768. The standard InChI is InChI=1S/C23H30N4O3/c1-2-4-21(18-7-10-28-12-18)20(3-1)17-5-8-26(9-6-17)19-11-23(30-13-19)14-27(15-23)22-25-24-16-29-22/h1-4,16-19H,5-15H2.